The Morgan fingerprint density at radius 3 is 2.08 bits per heavy atom. The van der Waals surface area contributed by atoms with E-state index >= 15 is 0 Å². The molecule has 1 fully saturated rings. The maximum atomic E-state index is 12.8. The highest BCUT2D eigenvalue weighted by Crippen LogP contribution is 2.41. The van der Waals surface area contributed by atoms with Crippen LogP contribution in [0, 0.1) is 20.2 Å². The number of nitro groups is 2. The fourth-order valence-corrected chi connectivity index (χ4v) is 2.41. The molecular weight excluding hydrogens is 349 g/mol. The second-order valence-electron chi connectivity index (χ2n) is 5.28. The molecule has 0 aliphatic carbocycles. The summed E-state index contributed by atoms with van der Waals surface area (Å²) in [6.45, 7) is 2.85. The van der Waals surface area contributed by atoms with Crippen molar-refractivity contribution in [2.75, 3.05) is 44.7 Å². The Balaban J connectivity index is 2.27. The first kappa shape index (κ1) is 18.9. The first-order valence-electron chi connectivity index (χ1n) is 7.28. The number of nitrogens with zero attached hydrogens (tertiary/aromatic N) is 3. The van der Waals surface area contributed by atoms with E-state index in [1.807, 2.05) is 4.90 Å². The van der Waals surface area contributed by atoms with Gasteiger partial charge >= 0.3 is 6.18 Å². The van der Waals surface area contributed by atoms with Gasteiger partial charge in [0.2, 0.25) is 0 Å². The van der Waals surface area contributed by atoms with Gasteiger partial charge in [0.1, 0.15) is 0 Å². The van der Waals surface area contributed by atoms with E-state index in [2.05, 4.69) is 5.32 Å². The zero-order valence-electron chi connectivity index (χ0n) is 12.9. The van der Waals surface area contributed by atoms with Gasteiger partial charge in [-0.2, -0.15) is 13.2 Å². The van der Waals surface area contributed by atoms with Gasteiger partial charge in [-0.15, -0.1) is 0 Å². The van der Waals surface area contributed by atoms with Crippen LogP contribution in [0.15, 0.2) is 12.1 Å². The van der Waals surface area contributed by atoms with Crippen LogP contribution in [0.4, 0.5) is 30.2 Å². The largest absolute Gasteiger partial charge is 0.416 e. The lowest BCUT2D eigenvalue weighted by molar-refractivity contribution is -0.392. The van der Waals surface area contributed by atoms with Gasteiger partial charge in [-0.05, 0) is 0 Å². The van der Waals surface area contributed by atoms with Crippen LogP contribution >= 0.6 is 0 Å². The number of rotatable bonds is 6. The van der Waals surface area contributed by atoms with Crippen molar-refractivity contribution in [3.8, 4) is 0 Å². The average Bonchev–Trinajstić information content (AvgIpc) is 2.54. The van der Waals surface area contributed by atoms with E-state index in [0.717, 1.165) is 0 Å². The summed E-state index contributed by atoms with van der Waals surface area (Å²) in [5.41, 5.74) is -3.94. The molecule has 138 valence electrons. The summed E-state index contributed by atoms with van der Waals surface area (Å²) in [5.74, 6) is 0. The van der Waals surface area contributed by atoms with Crippen LogP contribution in [0.25, 0.3) is 0 Å². The van der Waals surface area contributed by atoms with Gasteiger partial charge in [-0.1, -0.05) is 0 Å². The second kappa shape index (κ2) is 7.61. The Kier molecular flexibility index (Phi) is 5.74. The zero-order chi connectivity index (χ0) is 18.6. The van der Waals surface area contributed by atoms with E-state index in [1.165, 1.54) is 0 Å². The van der Waals surface area contributed by atoms with Crippen molar-refractivity contribution in [1.29, 1.82) is 0 Å². The van der Waals surface area contributed by atoms with E-state index < -0.39 is 38.6 Å². The third-order valence-corrected chi connectivity index (χ3v) is 3.65. The molecule has 25 heavy (non-hydrogen) atoms. The van der Waals surface area contributed by atoms with E-state index in [-0.39, 0.29) is 6.54 Å². The Hall–Kier alpha value is -2.47. The molecule has 0 aromatic heterocycles. The molecule has 0 spiro atoms. The van der Waals surface area contributed by atoms with Crippen molar-refractivity contribution < 1.29 is 27.8 Å². The van der Waals surface area contributed by atoms with Crippen molar-refractivity contribution in [2.24, 2.45) is 0 Å². The summed E-state index contributed by atoms with van der Waals surface area (Å²) in [7, 11) is 0. The van der Waals surface area contributed by atoms with Crippen molar-refractivity contribution in [1.82, 2.24) is 4.90 Å². The molecular formula is C13H15F3N4O5. The van der Waals surface area contributed by atoms with Crippen LogP contribution < -0.4 is 5.32 Å². The van der Waals surface area contributed by atoms with Gasteiger partial charge < -0.3 is 10.1 Å². The Labute approximate surface area is 139 Å². The van der Waals surface area contributed by atoms with E-state index in [4.69, 9.17) is 4.74 Å². The lowest BCUT2D eigenvalue weighted by Gasteiger charge is -2.26. The average molecular weight is 364 g/mol. The minimum atomic E-state index is -4.93. The molecule has 1 saturated heterocycles. The van der Waals surface area contributed by atoms with E-state index in [9.17, 15) is 33.4 Å². The predicted molar refractivity (Wildman–Crippen MR) is 80.5 cm³/mol. The van der Waals surface area contributed by atoms with Crippen molar-refractivity contribution in [2.45, 2.75) is 6.18 Å². The molecule has 0 atom stereocenters. The molecule has 2 rings (SSSR count). The lowest BCUT2D eigenvalue weighted by atomic mass is 10.1. The molecule has 0 bridgehead atoms. The lowest BCUT2D eigenvalue weighted by Crippen LogP contribution is -2.39. The van der Waals surface area contributed by atoms with Crippen molar-refractivity contribution in [3.05, 3.63) is 37.9 Å². The molecule has 1 heterocycles. The highest BCUT2D eigenvalue weighted by atomic mass is 19.4. The normalized spacial score (nSPS) is 15.8. The summed E-state index contributed by atoms with van der Waals surface area (Å²) in [6.07, 6.45) is -4.93. The fourth-order valence-electron chi connectivity index (χ4n) is 2.41. The van der Waals surface area contributed by atoms with Crippen molar-refractivity contribution in [3.63, 3.8) is 0 Å². The first-order chi connectivity index (χ1) is 11.7. The quantitative estimate of drug-likeness (QED) is 0.609. The van der Waals surface area contributed by atoms with Crippen LogP contribution in [-0.2, 0) is 10.9 Å². The number of halogens is 3. The third kappa shape index (κ3) is 4.76. The van der Waals surface area contributed by atoms with Crippen LogP contribution in [0.5, 0.6) is 0 Å². The summed E-state index contributed by atoms with van der Waals surface area (Å²) in [6, 6.07) is 0.591. The highest BCUT2D eigenvalue weighted by Gasteiger charge is 2.37. The monoisotopic (exact) mass is 364 g/mol. The molecule has 1 aromatic carbocycles. The molecule has 12 heteroatoms. The van der Waals surface area contributed by atoms with E-state index in [1.54, 1.807) is 0 Å². The number of anilines is 1. The van der Waals surface area contributed by atoms with Gasteiger partial charge in [0.05, 0.1) is 28.6 Å². The standard InChI is InChI=1S/C13H15F3N4O5/c14-13(15,16)9-7-10(19(21)22)12(11(8-9)20(23)24)17-1-2-18-3-5-25-6-4-18/h7-8,17H,1-6H2. The molecule has 1 aromatic rings. The van der Waals surface area contributed by atoms with E-state index in [0.29, 0.717) is 45.0 Å². The minimum Gasteiger partial charge on any atom is -0.379 e. The second-order valence-corrected chi connectivity index (χ2v) is 5.28. The summed E-state index contributed by atoms with van der Waals surface area (Å²) < 4.78 is 43.6. The number of hydrogen-bond acceptors (Lipinski definition) is 7. The Morgan fingerprint density at radius 2 is 1.64 bits per heavy atom. The maximum Gasteiger partial charge on any atom is 0.416 e. The minimum absolute atomic E-state index is 0.104. The number of alkyl halides is 3. The van der Waals surface area contributed by atoms with Gasteiger partial charge in [-0.25, -0.2) is 0 Å². The molecule has 1 aliphatic heterocycles. The molecule has 0 saturated carbocycles. The smallest absolute Gasteiger partial charge is 0.379 e. The van der Waals surface area contributed by atoms with Crippen LogP contribution in [-0.4, -0.2) is 54.1 Å². The van der Waals surface area contributed by atoms with Crippen LogP contribution in [0.3, 0.4) is 0 Å². The van der Waals surface area contributed by atoms with Crippen molar-refractivity contribution >= 4 is 17.1 Å². The zero-order valence-corrected chi connectivity index (χ0v) is 12.9. The summed E-state index contributed by atoms with van der Waals surface area (Å²) in [4.78, 5) is 22.0. The number of nitro benzene ring substituents is 2. The fraction of sp³-hybridized carbons (Fsp3) is 0.538. The molecule has 9 nitrogen and oxygen atoms in total. The summed E-state index contributed by atoms with van der Waals surface area (Å²) in [5, 5.41) is 24.7. The highest BCUT2D eigenvalue weighted by molar-refractivity contribution is 5.75. The number of hydrogen-bond donors (Lipinski definition) is 1. The molecule has 0 amide bonds. The SMILES string of the molecule is O=[N+]([O-])c1cc(C(F)(F)F)cc([N+](=O)[O-])c1NCCN1CCOCC1. The number of nitrogens with one attached hydrogen (secondary N) is 1. The number of morpholine rings is 1. The molecule has 0 radical (unpaired) electrons. The molecule has 0 unspecified atom stereocenters. The Morgan fingerprint density at radius 1 is 1.12 bits per heavy atom. The third-order valence-electron chi connectivity index (χ3n) is 3.65. The summed E-state index contributed by atoms with van der Waals surface area (Å²) >= 11 is 0. The van der Waals surface area contributed by atoms with Gasteiger partial charge in [0.25, 0.3) is 11.4 Å². The molecule has 1 N–H and O–H groups in total. The first-order valence-corrected chi connectivity index (χ1v) is 7.28. The van der Waals surface area contributed by atoms with Crippen LogP contribution in [0.1, 0.15) is 5.56 Å². The Bertz CT molecular complexity index is 627. The maximum absolute atomic E-state index is 12.8. The number of benzene rings is 1. The molecule has 1 aliphatic rings. The predicted octanol–water partition coefficient (Wildman–Crippen LogP) is 2.27. The van der Waals surface area contributed by atoms with Gasteiger partial charge in [0.15, 0.2) is 5.69 Å². The van der Waals surface area contributed by atoms with Crippen LogP contribution in [0.2, 0.25) is 0 Å². The number of ether oxygens (including phenoxy) is 1. The van der Waals surface area contributed by atoms with Gasteiger partial charge in [-0.3, -0.25) is 25.1 Å². The topological polar surface area (TPSA) is 111 Å². The van der Waals surface area contributed by atoms with Gasteiger partial charge in [0, 0.05) is 38.3 Å².